The van der Waals surface area contributed by atoms with Gasteiger partial charge in [-0.05, 0) is 36.5 Å². The van der Waals surface area contributed by atoms with Gasteiger partial charge in [0, 0.05) is 5.92 Å². The number of aldehydes is 1. The fourth-order valence-corrected chi connectivity index (χ4v) is 3.06. The lowest BCUT2D eigenvalue weighted by Crippen LogP contribution is -2.24. The Balaban J connectivity index is 1.90. The van der Waals surface area contributed by atoms with Crippen LogP contribution in [-0.2, 0) is 4.79 Å². The number of hydrogen-bond acceptors (Lipinski definition) is 1. The minimum atomic E-state index is 0.430. The maximum absolute atomic E-state index is 10.6. The maximum Gasteiger partial charge on any atom is 0.123 e. The first kappa shape index (κ1) is 9.23. The summed E-state index contributed by atoms with van der Waals surface area (Å²) in [6.07, 6.45) is 7.83. The van der Waals surface area contributed by atoms with E-state index in [1.807, 2.05) is 0 Å². The Kier molecular flexibility index (Phi) is 2.21. The Hall–Kier alpha value is -0.330. The van der Waals surface area contributed by atoms with Crippen molar-refractivity contribution in [2.24, 2.45) is 23.2 Å². The second-order valence-electron chi connectivity index (χ2n) is 5.72. The van der Waals surface area contributed by atoms with Crippen LogP contribution in [0.3, 0.4) is 0 Å². The van der Waals surface area contributed by atoms with E-state index in [4.69, 9.17) is 0 Å². The molecule has 3 atom stereocenters. The Bertz CT molecular complexity index is 207. The second-order valence-corrected chi connectivity index (χ2v) is 5.72. The molecule has 0 bridgehead atoms. The van der Waals surface area contributed by atoms with E-state index in [2.05, 4.69) is 13.8 Å². The van der Waals surface area contributed by atoms with Crippen LogP contribution in [0.2, 0.25) is 0 Å². The van der Waals surface area contributed by atoms with Crippen molar-refractivity contribution >= 4 is 6.29 Å². The smallest absolute Gasteiger partial charge is 0.123 e. The third-order valence-corrected chi connectivity index (χ3v) is 3.91. The SMILES string of the molecule is CC1(C)CCC[C@H]([C@H]2C[C@H]2C=O)C1. The Morgan fingerprint density at radius 3 is 2.69 bits per heavy atom. The summed E-state index contributed by atoms with van der Waals surface area (Å²) < 4.78 is 0. The molecule has 0 aromatic heterocycles. The van der Waals surface area contributed by atoms with Crippen molar-refractivity contribution in [2.45, 2.75) is 46.0 Å². The van der Waals surface area contributed by atoms with Gasteiger partial charge in [0.1, 0.15) is 6.29 Å². The van der Waals surface area contributed by atoms with E-state index in [1.165, 1.54) is 38.4 Å². The largest absolute Gasteiger partial charge is 0.303 e. The molecule has 2 saturated carbocycles. The Morgan fingerprint density at radius 2 is 2.15 bits per heavy atom. The van der Waals surface area contributed by atoms with Crippen LogP contribution in [0.4, 0.5) is 0 Å². The molecule has 0 aromatic carbocycles. The normalized spacial score (nSPS) is 42.8. The third kappa shape index (κ3) is 1.95. The summed E-state index contributed by atoms with van der Waals surface area (Å²) in [6, 6.07) is 0. The molecule has 2 rings (SSSR count). The first-order chi connectivity index (χ1) is 6.12. The molecular formula is C12H20O. The minimum Gasteiger partial charge on any atom is -0.303 e. The molecule has 0 saturated heterocycles. The molecule has 0 aliphatic heterocycles. The van der Waals surface area contributed by atoms with Gasteiger partial charge in [0.15, 0.2) is 0 Å². The predicted molar refractivity (Wildman–Crippen MR) is 53.4 cm³/mol. The summed E-state index contributed by atoms with van der Waals surface area (Å²) in [5.74, 6) is 2.05. The molecule has 1 nitrogen and oxygen atoms in total. The molecule has 0 unspecified atom stereocenters. The van der Waals surface area contributed by atoms with Crippen molar-refractivity contribution in [1.82, 2.24) is 0 Å². The summed E-state index contributed by atoms with van der Waals surface area (Å²) in [7, 11) is 0. The predicted octanol–water partition coefficient (Wildman–Crippen LogP) is 3.04. The molecule has 0 heterocycles. The highest BCUT2D eigenvalue weighted by Gasteiger charge is 2.45. The first-order valence-electron chi connectivity index (χ1n) is 5.58. The van der Waals surface area contributed by atoms with Crippen molar-refractivity contribution in [2.75, 3.05) is 0 Å². The zero-order valence-electron chi connectivity index (χ0n) is 8.75. The van der Waals surface area contributed by atoms with Crippen LogP contribution in [0.1, 0.15) is 46.0 Å². The summed E-state index contributed by atoms with van der Waals surface area (Å²) in [5.41, 5.74) is 0.541. The molecule has 0 spiro atoms. The summed E-state index contributed by atoms with van der Waals surface area (Å²) in [6.45, 7) is 4.74. The minimum absolute atomic E-state index is 0.430. The van der Waals surface area contributed by atoms with Gasteiger partial charge < -0.3 is 4.79 Å². The van der Waals surface area contributed by atoms with Gasteiger partial charge in [-0.1, -0.05) is 26.7 Å². The average Bonchev–Trinajstić information content (AvgIpc) is 2.80. The molecule has 74 valence electrons. The van der Waals surface area contributed by atoms with Gasteiger partial charge in [-0.3, -0.25) is 0 Å². The molecule has 0 N–H and O–H groups in total. The van der Waals surface area contributed by atoms with E-state index >= 15 is 0 Å². The fraction of sp³-hybridized carbons (Fsp3) is 0.917. The van der Waals surface area contributed by atoms with Gasteiger partial charge >= 0.3 is 0 Å². The van der Waals surface area contributed by atoms with Crippen molar-refractivity contribution < 1.29 is 4.79 Å². The number of rotatable bonds is 2. The molecule has 0 aromatic rings. The van der Waals surface area contributed by atoms with Gasteiger partial charge in [-0.2, -0.15) is 0 Å². The highest BCUT2D eigenvalue weighted by atomic mass is 16.1. The van der Waals surface area contributed by atoms with Crippen LogP contribution in [0, 0.1) is 23.2 Å². The van der Waals surface area contributed by atoms with Crippen LogP contribution < -0.4 is 0 Å². The topological polar surface area (TPSA) is 17.1 Å². The van der Waals surface area contributed by atoms with Crippen molar-refractivity contribution in [3.05, 3.63) is 0 Å². The average molecular weight is 180 g/mol. The molecule has 0 amide bonds. The van der Waals surface area contributed by atoms with Crippen LogP contribution in [0.5, 0.6) is 0 Å². The van der Waals surface area contributed by atoms with Crippen LogP contribution in [-0.4, -0.2) is 6.29 Å². The summed E-state index contributed by atoms with van der Waals surface area (Å²) >= 11 is 0. The number of carbonyl (C=O) groups excluding carboxylic acids is 1. The van der Waals surface area contributed by atoms with Crippen molar-refractivity contribution in [3.63, 3.8) is 0 Å². The van der Waals surface area contributed by atoms with E-state index in [1.54, 1.807) is 0 Å². The van der Waals surface area contributed by atoms with E-state index in [9.17, 15) is 4.79 Å². The van der Waals surface area contributed by atoms with E-state index in [0.29, 0.717) is 11.3 Å². The lowest BCUT2D eigenvalue weighted by atomic mass is 9.70. The van der Waals surface area contributed by atoms with E-state index in [0.717, 1.165) is 11.8 Å². The standard InChI is InChI=1S/C12H20O/c1-12(2)5-3-4-9(7-12)11-6-10(11)8-13/h8-11H,3-7H2,1-2H3/t9-,10-,11+/m0/s1. The third-order valence-electron chi connectivity index (χ3n) is 3.91. The highest BCUT2D eigenvalue weighted by Crippen LogP contribution is 2.51. The molecule has 2 aliphatic carbocycles. The van der Waals surface area contributed by atoms with Gasteiger partial charge in [0.25, 0.3) is 0 Å². The summed E-state index contributed by atoms with van der Waals surface area (Å²) in [4.78, 5) is 10.6. The Morgan fingerprint density at radius 1 is 1.38 bits per heavy atom. The molecule has 0 radical (unpaired) electrons. The maximum atomic E-state index is 10.6. The van der Waals surface area contributed by atoms with Crippen molar-refractivity contribution in [1.29, 1.82) is 0 Å². The van der Waals surface area contributed by atoms with Gasteiger partial charge in [-0.25, -0.2) is 0 Å². The zero-order valence-corrected chi connectivity index (χ0v) is 8.75. The first-order valence-corrected chi connectivity index (χ1v) is 5.58. The summed E-state index contributed by atoms with van der Waals surface area (Å²) in [5, 5.41) is 0. The number of hydrogen-bond donors (Lipinski definition) is 0. The Labute approximate surface area is 80.9 Å². The van der Waals surface area contributed by atoms with E-state index < -0.39 is 0 Å². The van der Waals surface area contributed by atoms with Gasteiger partial charge in [0.05, 0.1) is 0 Å². The van der Waals surface area contributed by atoms with E-state index in [-0.39, 0.29) is 0 Å². The molecule has 2 fully saturated rings. The molecule has 1 heteroatoms. The fourth-order valence-electron chi connectivity index (χ4n) is 3.06. The van der Waals surface area contributed by atoms with Gasteiger partial charge in [0.2, 0.25) is 0 Å². The monoisotopic (exact) mass is 180 g/mol. The van der Waals surface area contributed by atoms with Gasteiger partial charge in [-0.15, -0.1) is 0 Å². The van der Waals surface area contributed by atoms with Crippen LogP contribution in [0.25, 0.3) is 0 Å². The quantitative estimate of drug-likeness (QED) is 0.597. The highest BCUT2D eigenvalue weighted by molar-refractivity contribution is 5.58. The van der Waals surface area contributed by atoms with Crippen LogP contribution >= 0.6 is 0 Å². The van der Waals surface area contributed by atoms with Crippen LogP contribution in [0.15, 0.2) is 0 Å². The zero-order chi connectivity index (χ0) is 9.47. The number of carbonyl (C=O) groups is 1. The lowest BCUT2D eigenvalue weighted by Gasteiger charge is -2.35. The second kappa shape index (κ2) is 3.11. The molecule has 2 aliphatic rings. The lowest BCUT2D eigenvalue weighted by molar-refractivity contribution is -0.109. The molecule has 13 heavy (non-hydrogen) atoms. The molecular weight excluding hydrogens is 160 g/mol. The van der Waals surface area contributed by atoms with Crippen molar-refractivity contribution in [3.8, 4) is 0 Å².